The summed E-state index contributed by atoms with van der Waals surface area (Å²) in [5, 5.41) is 2.96. The Labute approximate surface area is 239 Å². The minimum atomic E-state index is -4.10. The van der Waals surface area contributed by atoms with Gasteiger partial charge in [0, 0.05) is 12.6 Å². The number of aryl methyl sites for hydroxylation is 4. The zero-order valence-electron chi connectivity index (χ0n) is 24.6. The van der Waals surface area contributed by atoms with Crippen molar-refractivity contribution in [1.82, 2.24) is 10.2 Å². The van der Waals surface area contributed by atoms with Gasteiger partial charge in [0.2, 0.25) is 11.8 Å². The second-order valence-corrected chi connectivity index (χ2v) is 12.5. The first-order chi connectivity index (χ1) is 18.8. The van der Waals surface area contributed by atoms with E-state index in [2.05, 4.69) is 5.32 Å². The zero-order chi connectivity index (χ0) is 29.6. The molecule has 0 saturated carbocycles. The fourth-order valence-electron chi connectivity index (χ4n) is 4.39. The number of carbonyl (C=O) groups is 2. The highest BCUT2D eigenvalue weighted by Crippen LogP contribution is 2.28. The molecular formula is C32H41N3O4S. The molecule has 0 unspecified atom stereocenters. The first-order valence-electron chi connectivity index (χ1n) is 13.7. The van der Waals surface area contributed by atoms with Crippen molar-refractivity contribution in [2.75, 3.05) is 10.8 Å². The summed E-state index contributed by atoms with van der Waals surface area (Å²) < 4.78 is 29.2. The Hall–Kier alpha value is -3.65. The van der Waals surface area contributed by atoms with Crippen LogP contribution in [0.5, 0.6) is 0 Å². The Balaban J connectivity index is 2.07. The molecule has 0 aliphatic carbocycles. The second kappa shape index (κ2) is 13.1. The SMILES string of the molecule is CC[C@@H](C)NC(=O)[C@H](C)N(Cc1cccc(C)c1)C(=O)CN(c1cc(C)ccc1C)S(=O)(=O)c1ccc(C)cc1. The van der Waals surface area contributed by atoms with Gasteiger partial charge in [-0.25, -0.2) is 8.42 Å². The van der Waals surface area contributed by atoms with E-state index in [0.717, 1.165) is 34.2 Å². The maximum absolute atomic E-state index is 14.1. The predicted molar refractivity (Wildman–Crippen MR) is 161 cm³/mol. The van der Waals surface area contributed by atoms with Gasteiger partial charge in [0.1, 0.15) is 12.6 Å². The Morgan fingerprint density at radius 1 is 0.850 bits per heavy atom. The van der Waals surface area contributed by atoms with Crippen molar-refractivity contribution in [3.63, 3.8) is 0 Å². The number of nitrogens with zero attached hydrogens (tertiary/aromatic N) is 2. The van der Waals surface area contributed by atoms with Crippen molar-refractivity contribution in [1.29, 1.82) is 0 Å². The Bertz CT molecular complexity index is 1450. The van der Waals surface area contributed by atoms with Crippen molar-refractivity contribution in [3.05, 3.63) is 94.5 Å². The second-order valence-electron chi connectivity index (χ2n) is 10.6. The minimum Gasteiger partial charge on any atom is -0.352 e. The lowest BCUT2D eigenvalue weighted by Crippen LogP contribution is -2.52. The van der Waals surface area contributed by atoms with Crippen LogP contribution in [-0.2, 0) is 26.2 Å². The Morgan fingerprint density at radius 3 is 2.10 bits per heavy atom. The molecule has 8 heteroatoms. The van der Waals surface area contributed by atoms with E-state index in [1.165, 1.54) is 9.21 Å². The lowest BCUT2D eigenvalue weighted by molar-refractivity contribution is -0.139. The molecule has 0 fully saturated rings. The summed E-state index contributed by atoms with van der Waals surface area (Å²) in [5.74, 6) is -0.750. The molecule has 0 saturated heterocycles. The maximum atomic E-state index is 14.1. The van der Waals surface area contributed by atoms with E-state index < -0.39 is 28.5 Å². The van der Waals surface area contributed by atoms with E-state index in [-0.39, 0.29) is 23.4 Å². The summed E-state index contributed by atoms with van der Waals surface area (Å²) in [7, 11) is -4.10. The smallest absolute Gasteiger partial charge is 0.264 e. The molecule has 0 heterocycles. The Kier molecular flexibility index (Phi) is 10.1. The number of benzene rings is 3. The molecule has 214 valence electrons. The lowest BCUT2D eigenvalue weighted by Gasteiger charge is -2.33. The molecule has 2 amide bonds. The van der Waals surface area contributed by atoms with Crippen LogP contribution >= 0.6 is 0 Å². The normalized spacial score (nSPS) is 12.9. The van der Waals surface area contributed by atoms with Gasteiger partial charge in [-0.1, -0.05) is 66.6 Å². The molecule has 3 aromatic carbocycles. The monoisotopic (exact) mass is 563 g/mol. The fourth-order valence-corrected chi connectivity index (χ4v) is 5.86. The van der Waals surface area contributed by atoms with Crippen molar-refractivity contribution in [2.24, 2.45) is 0 Å². The first-order valence-corrected chi connectivity index (χ1v) is 15.1. The van der Waals surface area contributed by atoms with E-state index in [1.807, 2.05) is 77.9 Å². The molecule has 0 aliphatic heterocycles. The highest BCUT2D eigenvalue weighted by Gasteiger charge is 2.33. The van der Waals surface area contributed by atoms with Crippen LogP contribution in [0.2, 0.25) is 0 Å². The lowest BCUT2D eigenvalue weighted by atomic mass is 10.1. The average Bonchev–Trinajstić information content (AvgIpc) is 2.91. The van der Waals surface area contributed by atoms with Crippen LogP contribution in [0.25, 0.3) is 0 Å². The van der Waals surface area contributed by atoms with Gasteiger partial charge in [0.25, 0.3) is 10.0 Å². The standard InChI is InChI=1S/C32H41N3O4S/c1-8-26(6)33-32(37)27(7)34(20-28-11-9-10-23(3)18-28)31(36)21-35(30-19-24(4)12-15-25(30)5)40(38,39)29-16-13-22(2)14-17-29/h9-19,26-27H,8,20-21H2,1-7H3,(H,33,37)/t26-,27+/m1/s1. The molecule has 3 rings (SSSR count). The number of sulfonamides is 1. The number of hydrogen-bond donors (Lipinski definition) is 1. The number of amides is 2. The third-order valence-corrected chi connectivity index (χ3v) is 8.90. The number of carbonyl (C=O) groups excluding carboxylic acids is 2. The third-order valence-electron chi connectivity index (χ3n) is 7.12. The number of rotatable bonds is 11. The van der Waals surface area contributed by atoms with E-state index in [0.29, 0.717) is 5.69 Å². The highest BCUT2D eigenvalue weighted by molar-refractivity contribution is 7.92. The average molecular weight is 564 g/mol. The summed E-state index contributed by atoms with van der Waals surface area (Å²) in [6.07, 6.45) is 0.749. The number of hydrogen-bond acceptors (Lipinski definition) is 4. The quantitative estimate of drug-likeness (QED) is 0.336. The van der Waals surface area contributed by atoms with Crippen LogP contribution in [0.15, 0.2) is 71.6 Å². The van der Waals surface area contributed by atoms with Crippen molar-refractivity contribution >= 4 is 27.5 Å². The van der Waals surface area contributed by atoms with Crippen LogP contribution in [0, 0.1) is 27.7 Å². The van der Waals surface area contributed by atoms with E-state index in [1.54, 1.807) is 37.3 Å². The van der Waals surface area contributed by atoms with Crippen LogP contribution in [0.1, 0.15) is 55.0 Å². The number of anilines is 1. The van der Waals surface area contributed by atoms with Gasteiger partial charge in [-0.2, -0.15) is 0 Å². The van der Waals surface area contributed by atoms with E-state index in [9.17, 15) is 18.0 Å². The van der Waals surface area contributed by atoms with Crippen molar-refractivity contribution in [3.8, 4) is 0 Å². The summed E-state index contributed by atoms with van der Waals surface area (Å²) in [6, 6.07) is 19.0. The molecule has 40 heavy (non-hydrogen) atoms. The summed E-state index contributed by atoms with van der Waals surface area (Å²) in [5.41, 5.74) is 4.84. The highest BCUT2D eigenvalue weighted by atomic mass is 32.2. The third kappa shape index (κ3) is 7.50. The molecule has 1 N–H and O–H groups in total. The largest absolute Gasteiger partial charge is 0.352 e. The molecular weight excluding hydrogens is 522 g/mol. The topological polar surface area (TPSA) is 86.8 Å². The zero-order valence-corrected chi connectivity index (χ0v) is 25.4. The van der Waals surface area contributed by atoms with E-state index >= 15 is 0 Å². The predicted octanol–water partition coefficient (Wildman–Crippen LogP) is 5.45. The molecule has 0 aromatic heterocycles. The van der Waals surface area contributed by atoms with Crippen molar-refractivity contribution < 1.29 is 18.0 Å². The Morgan fingerprint density at radius 2 is 1.48 bits per heavy atom. The first kappa shape index (κ1) is 30.9. The van der Waals surface area contributed by atoms with Crippen LogP contribution in [0.3, 0.4) is 0 Å². The minimum absolute atomic E-state index is 0.0563. The molecule has 0 spiro atoms. The van der Waals surface area contributed by atoms with Gasteiger partial charge in [-0.15, -0.1) is 0 Å². The molecule has 7 nitrogen and oxygen atoms in total. The van der Waals surface area contributed by atoms with Crippen molar-refractivity contribution in [2.45, 2.75) is 78.4 Å². The van der Waals surface area contributed by atoms with Gasteiger partial charge in [-0.3, -0.25) is 13.9 Å². The summed E-state index contributed by atoms with van der Waals surface area (Å²) in [4.78, 5) is 28.8. The van der Waals surface area contributed by atoms with Gasteiger partial charge in [0.15, 0.2) is 0 Å². The molecule has 0 aliphatic rings. The van der Waals surface area contributed by atoms with Gasteiger partial charge in [-0.05, 0) is 82.9 Å². The fraction of sp³-hybridized carbons (Fsp3) is 0.375. The molecule has 3 aromatic rings. The summed E-state index contributed by atoms with van der Waals surface area (Å²) >= 11 is 0. The summed E-state index contributed by atoms with van der Waals surface area (Å²) in [6.45, 7) is 12.8. The van der Waals surface area contributed by atoms with Crippen LogP contribution in [-0.4, -0.2) is 43.8 Å². The number of nitrogens with one attached hydrogen (secondary N) is 1. The molecule has 2 atom stereocenters. The van der Waals surface area contributed by atoms with Gasteiger partial charge >= 0.3 is 0 Å². The van der Waals surface area contributed by atoms with Crippen LogP contribution < -0.4 is 9.62 Å². The molecule has 0 bridgehead atoms. The van der Waals surface area contributed by atoms with Crippen LogP contribution in [0.4, 0.5) is 5.69 Å². The maximum Gasteiger partial charge on any atom is 0.264 e. The van der Waals surface area contributed by atoms with Gasteiger partial charge in [0.05, 0.1) is 10.6 Å². The van der Waals surface area contributed by atoms with Gasteiger partial charge < -0.3 is 10.2 Å². The van der Waals surface area contributed by atoms with E-state index in [4.69, 9.17) is 0 Å². The molecule has 0 radical (unpaired) electrons.